The fourth-order valence-corrected chi connectivity index (χ4v) is 2.77. The monoisotopic (exact) mass is 278 g/mol. The molecule has 0 aliphatic heterocycles. The van der Waals surface area contributed by atoms with E-state index in [0.717, 1.165) is 17.9 Å². The molecule has 1 aliphatic carbocycles. The molecule has 0 bridgehead atoms. The van der Waals surface area contributed by atoms with Crippen molar-refractivity contribution in [2.45, 2.75) is 25.4 Å². The molecule has 1 saturated carbocycles. The number of nitrogens with zero attached hydrogens (tertiary/aromatic N) is 3. The van der Waals surface area contributed by atoms with E-state index in [0.29, 0.717) is 6.04 Å². The molecule has 4 heteroatoms. The Hall–Kier alpha value is -2.49. The van der Waals surface area contributed by atoms with Crippen molar-refractivity contribution < 1.29 is 0 Å². The van der Waals surface area contributed by atoms with Crippen LogP contribution < -0.4 is 10.6 Å². The van der Waals surface area contributed by atoms with Crippen LogP contribution in [-0.4, -0.2) is 15.4 Å². The lowest BCUT2D eigenvalue weighted by Crippen LogP contribution is -2.26. The number of benzene rings is 1. The molecule has 0 atom stereocenters. The number of fused-ring (bicyclic) bond motifs is 1. The van der Waals surface area contributed by atoms with E-state index >= 15 is 0 Å². The van der Waals surface area contributed by atoms with Crippen LogP contribution in [0.15, 0.2) is 54.9 Å². The van der Waals surface area contributed by atoms with Crippen molar-refractivity contribution in [2.24, 2.45) is 0 Å². The molecule has 21 heavy (non-hydrogen) atoms. The number of nitrogens with two attached hydrogens (primary N) is 1. The largest absolute Gasteiger partial charge is 0.399 e. The number of anilines is 2. The molecule has 0 amide bonds. The number of aromatic nitrogens is 2. The average Bonchev–Trinajstić information content (AvgIpc) is 3.23. The van der Waals surface area contributed by atoms with Gasteiger partial charge < -0.3 is 10.6 Å². The summed E-state index contributed by atoms with van der Waals surface area (Å²) in [4.78, 5) is 6.85. The molecule has 2 heterocycles. The molecule has 3 aromatic rings. The number of hydrogen-bond acceptors (Lipinski definition) is 3. The Morgan fingerprint density at radius 1 is 1.14 bits per heavy atom. The van der Waals surface area contributed by atoms with Crippen LogP contribution in [-0.2, 0) is 6.54 Å². The number of hydrogen-bond donors (Lipinski definition) is 1. The maximum atomic E-state index is 5.78. The van der Waals surface area contributed by atoms with Crippen LogP contribution >= 0.6 is 0 Å². The van der Waals surface area contributed by atoms with E-state index < -0.39 is 0 Å². The zero-order valence-electron chi connectivity index (χ0n) is 11.8. The number of rotatable bonds is 4. The highest BCUT2D eigenvalue weighted by Gasteiger charge is 2.30. The van der Waals surface area contributed by atoms with Gasteiger partial charge in [0.05, 0.1) is 0 Å². The minimum absolute atomic E-state index is 0.635. The van der Waals surface area contributed by atoms with Gasteiger partial charge in [-0.3, -0.25) is 4.40 Å². The van der Waals surface area contributed by atoms with Gasteiger partial charge in [-0.1, -0.05) is 18.2 Å². The molecule has 0 unspecified atom stereocenters. The summed E-state index contributed by atoms with van der Waals surface area (Å²) in [5, 5.41) is 0. The van der Waals surface area contributed by atoms with Gasteiger partial charge in [0.15, 0.2) is 0 Å². The van der Waals surface area contributed by atoms with Gasteiger partial charge in [0.25, 0.3) is 0 Å². The summed E-state index contributed by atoms with van der Waals surface area (Å²) in [5.41, 5.74) is 8.87. The molecule has 4 nitrogen and oxygen atoms in total. The van der Waals surface area contributed by atoms with Crippen molar-refractivity contribution >= 4 is 17.2 Å². The van der Waals surface area contributed by atoms with Gasteiger partial charge in [-0.15, -0.1) is 0 Å². The predicted molar refractivity (Wildman–Crippen MR) is 85.3 cm³/mol. The van der Waals surface area contributed by atoms with Crippen LogP contribution in [0.2, 0.25) is 0 Å². The van der Waals surface area contributed by atoms with E-state index in [1.165, 1.54) is 24.2 Å². The van der Waals surface area contributed by atoms with E-state index in [9.17, 15) is 0 Å². The average molecular weight is 278 g/mol. The van der Waals surface area contributed by atoms with Gasteiger partial charge >= 0.3 is 0 Å². The summed E-state index contributed by atoms with van der Waals surface area (Å²) in [6, 6.07) is 15.1. The Morgan fingerprint density at radius 2 is 1.95 bits per heavy atom. The Kier molecular flexibility index (Phi) is 2.81. The fourth-order valence-electron chi connectivity index (χ4n) is 2.77. The van der Waals surface area contributed by atoms with E-state index in [2.05, 4.69) is 38.6 Å². The highest BCUT2D eigenvalue weighted by molar-refractivity contribution is 5.53. The van der Waals surface area contributed by atoms with E-state index in [4.69, 9.17) is 5.73 Å². The van der Waals surface area contributed by atoms with Gasteiger partial charge in [0, 0.05) is 30.7 Å². The molecule has 0 spiro atoms. The Balaban J connectivity index is 1.71. The van der Waals surface area contributed by atoms with Crippen LogP contribution in [0.25, 0.3) is 5.65 Å². The molecule has 0 radical (unpaired) electrons. The molecule has 2 N–H and O–H groups in total. The first-order valence-electron chi connectivity index (χ1n) is 7.34. The number of nitrogen functional groups attached to an aromatic ring is 1. The Bertz CT molecular complexity index is 756. The van der Waals surface area contributed by atoms with Gasteiger partial charge in [0.2, 0.25) is 0 Å². The molecular weight excluding hydrogens is 260 g/mol. The number of imidazole rings is 1. The summed E-state index contributed by atoms with van der Waals surface area (Å²) in [6.45, 7) is 0.905. The molecule has 1 fully saturated rings. The lowest BCUT2D eigenvalue weighted by atomic mass is 10.2. The molecular formula is C17H18N4. The summed E-state index contributed by atoms with van der Waals surface area (Å²) < 4.78 is 2.16. The SMILES string of the molecule is Nc1ccc(CN(c2cccc3nccn23)C2CC2)cc1. The molecule has 2 aromatic heterocycles. The minimum Gasteiger partial charge on any atom is -0.399 e. The first kappa shape index (κ1) is 12.3. The van der Waals surface area contributed by atoms with Crippen LogP contribution in [0.5, 0.6) is 0 Å². The Labute approximate surface area is 123 Å². The van der Waals surface area contributed by atoms with E-state index in [1.807, 2.05) is 30.6 Å². The second-order valence-electron chi connectivity index (χ2n) is 5.64. The second kappa shape index (κ2) is 4.81. The third-order valence-electron chi connectivity index (χ3n) is 4.02. The highest BCUT2D eigenvalue weighted by Crippen LogP contribution is 2.33. The summed E-state index contributed by atoms with van der Waals surface area (Å²) >= 11 is 0. The first-order chi connectivity index (χ1) is 10.3. The van der Waals surface area contributed by atoms with Gasteiger partial charge in [-0.2, -0.15) is 0 Å². The first-order valence-corrected chi connectivity index (χ1v) is 7.34. The van der Waals surface area contributed by atoms with Gasteiger partial charge in [0.1, 0.15) is 11.5 Å². The van der Waals surface area contributed by atoms with E-state index in [-0.39, 0.29) is 0 Å². The standard InChI is InChI=1S/C17H18N4/c18-14-6-4-13(5-7-14)12-21(15-8-9-15)17-3-1-2-16-19-10-11-20(16)17/h1-7,10-11,15H,8-9,12,18H2. The van der Waals surface area contributed by atoms with Crippen molar-refractivity contribution in [2.75, 3.05) is 10.6 Å². The summed E-state index contributed by atoms with van der Waals surface area (Å²) in [7, 11) is 0. The van der Waals surface area contributed by atoms with Crippen molar-refractivity contribution in [1.82, 2.24) is 9.38 Å². The quantitative estimate of drug-likeness (QED) is 0.746. The molecule has 1 aliphatic rings. The maximum absolute atomic E-state index is 5.78. The van der Waals surface area contributed by atoms with Crippen molar-refractivity contribution in [3.63, 3.8) is 0 Å². The highest BCUT2D eigenvalue weighted by atomic mass is 15.3. The molecule has 106 valence electrons. The van der Waals surface area contributed by atoms with Gasteiger partial charge in [-0.05, 0) is 42.7 Å². The molecule has 4 rings (SSSR count). The van der Waals surface area contributed by atoms with Crippen LogP contribution in [0.3, 0.4) is 0 Å². The third kappa shape index (κ3) is 2.33. The molecule has 1 aromatic carbocycles. The van der Waals surface area contributed by atoms with Crippen LogP contribution in [0, 0.1) is 0 Å². The molecule has 0 saturated heterocycles. The zero-order valence-corrected chi connectivity index (χ0v) is 11.8. The predicted octanol–water partition coefficient (Wildman–Crippen LogP) is 3.09. The fraction of sp³-hybridized carbons (Fsp3) is 0.235. The smallest absolute Gasteiger partial charge is 0.138 e. The van der Waals surface area contributed by atoms with E-state index in [1.54, 1.807) is 0 Å². The topological polar surface area (TPSA) is 46.6 Å². The minimum atomic E-state index is 0.635. The summed E-state index contributed by atoms with van der Waals surface area (Å²) in [5.74, 6) is 1.21. The van der Waals surface area contributed by atoms with Crippen molar-refractivity contribution in [3.8, 4) is 0 Å². The zero-order chi connectivity index (χ0) is 14.2. The lowest BCUT2D eigenvalue weighted by Gasteiger charge is -2.25. The number of pyridine rings is 1. The Morgan fingerprint density at radius 3 is 2.71 bits per heavy atom. The van der Waals surface area contributed by atoms with Crippen molar-refractivity contribution in [1.29, 1.82) is 0 Å². The normalized spacial score (nSPS) is 14.5. The summed E-state index contributed by atoms with van der Waals surface area (Å²) in [6.07, 6.45) is 6.41. The van der Waals surface area contributed by atoms with Crippen molar-refractivity contribution in [3.05, 3.63) is 60.4 Å². The van der Waals surface area contributed by atoms with Crippen LogP contribution in [0.1, 0.15) is 18.4 Å². The van der Waals surface area contributed by atoms with Gasteiger partial charge in [-0.25, -0.2) is 4.98 Å². The lowest BCUT2D eigenvalue weighted by molar-refractivity contribution is 0.770. The maximum Gasteiger partial charge on any atom is 0.138 e. The second-order valence-corrected chi connectivity index (χ2v) is 5.64. The third-order valence-corrected chi connectivity index (χ3v) is 4.02. The van der Waals surface area contributed by atoms with Crippen LogP contribution in [0.4, 0.5) is 11.5 Å².